The van der Waals surface area contributed by atoms with E-state index in [4.69, 9.17) is 4.74 Å². The first-order valence-electron chi connectivity index (χ1n) is 6.88. The molecule has 102 valence electrons. The van der Waals surface area contributed by atoms with Crippen molar-refractivity contribution in [2.45, 2.75) is 58.8 Å². The average molecular weight is 260 g/mol. The predicted molar refractivity (Wildman–Crippen MR) is 76.5 cm³/mol. The molecule has 0 aromatic rings. The highest BCUT2D eigenvalue weighted by Crippen LogP contribution is 2.13. The van der Waals surface area contributed by atoms with E-state index in [1.165, 1.54) is 57.8 Å². The predicted octanol–water partition coefficient (Wildman–Crippen LogP) is 4.28. The average Bonchev–Trinajstić information content (AvgIpc) is 2.35. The number of rotatable bonds is 11. The van der Waals surface area contributed by atoms with E-state index in [2.05, 4.69) is 6.92 Å². The zero-order valence-electron chi connectivity index (χ0n) is 11.7. The van der Waals surface area contributed by atoms with E-state index < -0.39 is 0 Å². The van der Waals surface area contributed by atoms with Gasteiger partial charge in [0.1, 0.15) is 0 Å². The Labute approximate surface area is 111 Å². The molecule has 0 saturated carbocycles. The van der Waals surface area contributed by atoms with Gasteiger partial charge < -0.3 is 4.74 Å². The topological polar surface area (TPSA) is 26.3 Å². The molecule has 0 aliphatic rings. The fraction of sp³-hybridized carbons (Fsp3) is 0.929. The molecule has 1 atom stereocenters. The molecule has 0 fully saturated rings. The Bertz CT molecular complexity index is 183. The number of unbranched alkanes of at least 4 members (excludes halogenated alkanes) is 6. The summed E-state index contributed by atoms with van der Waals surface area (Å²) in [5.74, 6) is 2.02. The minimum absolute atomic E-state index is 0.0366. The van der Waals surface area contributed by atoms with Crippen LogP contribution in [0.3, 0.4) is 0 Å². The van der Waals surface area contributed by atoms with Gasteiger partial charge in [-0.05, 0) is 12.2 Å². The molecular formula is C14H28O2S. The molecule has 3 heteroatoms. The lowest BCUT2D eigenvalue weighted by Crippen LogP contribution is -2.15. The second kappa shape index (κ2) is 12.3. The molecule has 0 aliphatic heterocycles. The van der Waals surface area contributed by atoms with Gasteiger partial charge in [-0.2, -0.15) is 11.8 Å². The van der Waals surface area contributed by atoms with Crippen LogP contribution in [-0.2, 0) is 9.53 Å². The van der Waals surface area contributed by atoms with Crippen LogP contribution in [0.15, 0.2) is 0 Å². The molecule has 0 rings (SSSR count). The number of hydrogen-bond acceptors (Lipinski definition) is 3. The van der Waals surface area contributed by atoms with Crippen molar-refractivity contribution in [3.63, 3.8) is 0 Å². The fourth-order valence-corrected chi connectivity index (χ4v) is 2.76. The van der Waals surface area contributed by atoms with Gasteiger partial charge in [0.15, 0.2) is 0 Å². The van der Waals surface area contributed by atoms with Crippen LogP contribution in [0.5, 0.6) is 0 Å². The SMILES string of the molecule is CCCCCCCCCSCC(C)C(=O)OC. The van der Waals surface area contributed by atoms with Crippen LogP contribution in [0.25, 0.3) is 0 Å². The molecule has 0 aromatic heterocycles. The lowest BCUT2D eigenvalue weighted by Gasteiger charge is -2.08. The molecule has 0 N–H and O–H groups in total. The Balaban J connectivity index is 3.15. The van der Waals surface area contributed by atoms with Crippen molar-refractivity contribution in [2.75, 3.05) is 18.6 Å². The van der Waals surface area contributed by atoms with Crippen LogP contribution < -0.4 is 0 Å². The molecule has 0 spiro atoms. The minimum Gasteiger partial charge on any atom is -0.469 e. The van der Waals surface area contributed by atoms with Crippen LogP contribution >= 0.6 is 11.8 Å². The molecule has 2 nitrogen and oxygen atoms in total. The maximum absolute atomic E-state index is 11.1. The van der Waals surface area contributed by atoms with E-state index in [0.717, 1.165) is 5.75 Å². The highest BCUT2D eigenvalue weighted by Gasteiger charge is 2.11. The fourth-order valence-electron chi connectivity index (χ4n) is 1.69. The second-order valence-electron chi connectivity index (χ2n) is 4.62. The summed E-state index contributed by atoms with van der Waals surface area (Å²) in [6.07, 6.45) is 9.47. The third-order valence-corrected chi connectivity index (χ3v) is 4.18. The number of methoxy groups -OCH3 is 1. The van der Waals surface area contributed by atoms with Crippen LogP contribution in [0.4, 0.5) is 0 Å². The Kier molecular flexibility index (Phi) is 12.2. The van der Waals surface area contributed by atoms with Crippen LogP contribution in [0.1, 0.15) is 58.8 Å². The Morgan fingerprint density at radius 1 is 1.12 bits per heavy atom. The number of carbonyl (C=O) groups excluding carboxylic acids is 1. The molecule has 0 heterocycles. The number of hydrogen-bond donors (Lipinski definition) is 0. The van der Waals surface area contributed by atoms with Gasteiger partial charge in [0.25, 0.3) is 0 Å². The summed E-state index contributed by atoms with van der Waals surface area (Å²) in [7, 11) is 1.46. The molecule has 1 unspecified atom stereocenters. The van der Waals surface area contributed by atoms with Gasteiger partial charge in [0, 0.05) is 5.75 Å². The van der Waals surface area contributed by atoms with Crippen molar-refractivity contribution in [3.05, 3.63) is 0 Å². The van der Waals surface area contributed by atoms with E-state index in [9.17, 15) is 4.79 Å². The highest BCUT2D eigenvalue weighted by molar-refractivity contribution is 7.99. The summed E-state index contributed by atoms with van der Waals surface area (Å²) < 4.78 is 4.69. The summed E-state index contributed by atoms with van der Waals surface area (Å²) in [4.78, 5) is 11.1. The highest BCUT2D eigenvalue weighted by atomic mass is 32.2. The van der Waals surface area contributed by atoms with Gasteiger partial charge in [-0.25, -0.2) is 0 Å². The third kappa shape index (κ3) is 10.7. The molecule has 0 aliphatic carbocycles. The van der Waals surface area contributed by atoms with Crippen molar-refractivity contribution < 1.29 is 9.53 Å². The van der Waals surface area contributed by atoms with E-state index in [1.54, 1.807) is 0 Å². The number of thioether (sulfide) groups is 1. The summed E-state index contributed by atoms with van der Waals surface area (Å²) in [5, 5.41) is 0. The van der Waals surface area contributed by atoms with Gasteiger partial charge >= 0.3 is 5.97 Å². The zero-order chi connectivity index (χ0) is 12.9. The number of carbonyl (C=O) groups is 1. The van der Waals surface area contributed by atoms with Gasteiger partial charge in [-0.3, -0.25) is 4.79 Å². The molecule has 0 radical (unpaired) electrons. The maximum atomic E-state index is 11.1. The summed E-state index contributed by atoms with van der Waals surface area (Å²) in [6.45, 7) is 4.18. The van der Waals surface area contributed by atoms with Crippen molar-refractivity contribution in [3.8, 4) is 0 Å². The number of ether oxygens (including phenoxy) is 1. The first-order chi connectivity index (χ1) is 8.22. The second-order valence-corrected chi connectivity index (χ2v) is 5.77. The lowest BCUT2D eigenvalue weighted by atomic mass is 10.1. The van der Waals surface area contributed by atoms with Crippen molar-refractivity contribution in [2.24, 2.45) is 5.92 Å². The van der Waals surface area contributed by atoms with Crippen LogP contribution in [-0.4, -0.2) is 24.6 Å². The van der Waals surface area contributed by atoms with Gasteiger partial charge in [0.2, 0.25) is 0 Å². The normalized spacial score (nSPS) is 12.4. The van der Waals surface area contributed by atoms with Crippen molar-refractivity contribution in [1.82, 2.24) is 0 Å². The van der Waals surface area contributed by atoms with Gasteiger partial charge in [0.05, 0.1) is 13.0 Å². The zero-order valence-corrected chi connectivity index (χ0v) is 12.5. The van der Waals surface area contributed by atoms with E-state index >= 15 is 0 Å². The first-order valence-corrected chi connectivity index (χ1v) is 8.03. The van der Waals surface area contributed by atoms with E-state index in [0.29, 0.717) is 0 Å². The maximum Gasteiger partial charge on any atom is 0.309 e. The van der Waals surface area contributed by atoms with Crippen LogP contribution in [0.2, 0.25) is 0 Å². The Morgan fingerprint density at radius 3 is 2.29 bits per heavy atom. The minimum atomic E-state index is -0.0861. The van der Waals surface area contributed by atoms with Crippen LogP contribution in [0, 0.1) is 5.92 Å². The summed E-state index contributed by atoms with van der Waals surface area (Å²) in [6, 6.07) is 0. The molecule has 0 aromatic carbocycles. The monoisotopic (exact) mass is 260 g/mol. The molecule has 0 bridgehead atoms. The smallest absolute Gasteiger partial charge is 0.309 e. The van der Waals surface area contributed by atoms with Crippen molar-refractivity contribution in [1.29, 1.82) is 0 Å². The quantitative estimate of drug-likeness (QED) is 0.410. The Hall–Kier alpha value is -0.180. The van der Waals surface area contributed by atoms with E-state index in [1.807, 2.05) is 18.7 Å². The lowest BCUT2D eigenvalue weighted by molar-refractivity contribution is -0.143. The Morgan fingerprint density at radius 2 is 1.71 bits per heavy atom. The third-order valence-electron chi connectivity index (χ3n) is 2.86. The van der Waals surface area contributed by atoms with Gasteiger partial charge in [-0.1, -0.05) is 52.4 Å². The van der Waals surface area contributed by atoms with Crippen molar-refractivity contribution >= 4 is 17.7 Å². The largest absolute Gasteiger partial charge is 0.469 e. The molecule has 0 saturated heterocycles. The van der Waals surface area contributed by atoms with E-state index in [-0.39, 0.29) is 11.9 Å². The molecular weight excluding hydrogens is 232 g/mol. The number of esters is 1. The molecule has 17 heavy (non-hydrogen) atoms. The first kappa shape index (κ1) is 16.8. The van der Waals surface area contributed by atoms with Gasteiger partial charge in [-0.15, -0.1) is 0 Å². The summed E-state index contributed by atoms with van der Waals surface area (Å²) >= 11 is 1.87. The summed E-state index contributed by atoms with van der Waals surface area (Å²) in [5.41, 5.74) is 0. The standard InChI is InChI=1S/C14H28O2S/c1-4-5-6-7-8-9-10-11-17-12-13(2)14(15)16-3/h13H,4-12H2,1-3H3. The molecule has 0 amide bonds.